The zero-order valence-corrected chi connectivity index (χ0v) is 27.9. The largest absolute Gasteiger partial charge is 0.493 e. The van der Waals surface area contributed by atoms with Crippen molar-refractivity contribution in [3.05, 3.63) is 75.8 Å². The molecule has 0 bridgehead atoms. The van der Waals surface area contributed by atoms with Gasteiger partial charge in [-0.3, -0.25) is 4.79 Å². The number of hydrogen-bond donors (Lipinski definition) is 3. The first-order valence-electron chi connectivity index (χ1n) is 16.4. The van der Waals surface area contributed by atoms with Crippen molar-refractivity contribution in [2.24, 2.45) is 11.1 Å². The third-order valence-corrected chi connectivity index (χ3v) is 9.42. The lowest BCUT2D eigenvalue weighted by Crippen LogP contribution is -2.35. The van der Waals surface area contributed by atoms with Gasteiger partial charge in [-0.2, -0.15) is 0 Å². The van der Waals surface area contributed by atoms with E-state index >= 15 is 0 Å². The Bertz CT molecular complexity index is 1490. The van der Waals surface area contributed by atoms with E-state index in [0.717, 1.165) is 54.7 Å². The molecule has 4 N–H and O–H groups in total. The lowest BCUT2D eigenvalue weighted by atomic mass is 9.86. The fraction of sp³-hybridized carbons (Fsp3) is 0.486. The van der Waals surface area contributed by atoms with Gasteiger partial charge < -0.3 is 30.6 Å². The lowest BCUT2D eigenvalue weighted by Gasteiger charge is -2.24. The lowest BCUT2D eigenvalue weighted by molar-refractivity contribution is -0.119. The summed E-state index contributed by atoms with van der Waals surface area (Å²) in [4.78, 5) is 11.5. The summed E-state index contributed by atoms with van der Waals surface area (Å²) in [5.41, 5.74) is 13.0. The second kappa shape index (κ2) is 14.9. The summed E-state index contributed by atoms with van der Waals surface area (Å²) < 4.78 is 18.9. The van der Waals surface area contributed by atoms with Crippen molar-refractivity contribution in [2.75, 3.05) is 26.3 Å². The maximum Gasteiger partial charge on any atom is 0.220 e. The molecule has 0 aromatic heterocycles. The van der Waals surface area contributed by atoms with E-state index in [4.69, 9.17) is 31.5 Å². The van der Waals surface area contributed by atoms with Crippen LogP contribution < -0.4 is 30.6 Å². The number of halogens is 1. The molecule has 1 amide bonds. The number of nitrogens with two attached hydrogens (primary N) is 1. The summed E-state index contributed by atoms with van der Waals surface area (Å²) in [6.07, 6.45) is 5.07. The van der Waals surface area contributed by atoms with Crippen LogP contribution in [0.3, 0.4) is 0 Å². The van der Waals surface area contributed by atoms with E-state index in [9.17, 15) is 4.79 Å². The molecule has 0 unspecified atom stereocenters. The van der Waals surface area contributed by atoms with Crippen LogP contribution in [0.2, 0.25) is 5.02 Å². The second-order valence-corrected chi connectivity index (χ2v) is 13.4. The number of benzene rings is 3. The monoisotopic (exact) mass is 633 g/mol. The van der Waals surface area contributed by atoms with E-state index < -0.39 is 0 Å². The van der Waals surface area contributed by atoms with Crippen LogP contribution in [0.25, 0.3) is 11.1 Å². The molecule has 0 radical (unpaired) electrons. The normalized spacial score (nSPS) is 17.7. The van der Waals surface area contributed by atoms with Crippen LogP contribution in [-0.4, -0.2) is 38.3 Å². The fourth-order valence-electron chi connectivity index (χ4n) is 6.47. The molecule has 1 aliphatic carbocycles. The van der Waals surface area contributed by atoms with Gasteiger partial charge in [-0.25, -0.2) is 0 Å². The van der Waals surface area contributed by atoms with Crippen LogP contribution in [0.4, 0.5) is 0 Å². The minimum atomic E-state index is -0.105. The highest BCUT2D eigenvalue weighted by Crippen LogP contribution is 2.44. The maximum atomic E-state index is 11.5. The Morgan fingerprint density at radius 1 is 1.00 bits per heavy atom. The molecule has 242 valence electrons. The molecule has 5 rings (SSSR count). The van der Waals surface area contributed by atoms with Crippen molar-refractivity contribution in [2.45, 2.75) is 84.9 Å². The molecule has 2 atom stereocenters. The molecular weight excluding hydrogens is 586 g/mol. The van der Waals surface area contributed by atoms with Crippen LogP contribution >= 0.6 is 11.6 Å². The van der Waals surface area contributed by atoms with Crippen LogP contribution in [0.1, 0.15) is 81.2 Å². The zero-order valence-electron chi connectivity index (χ0n) is 27.1. The molecule has 1 saturated heterocycles. The van der Waals surface area contributed by atoms with Crippen LogP contribution in [0.15, 0.2) is 48.5 Å². The number of amides is 1. The van der Waals surface area contributed by atoms with Gasteiger partial charge in [0, 0.05) is 37.2 Å². The summed E-state index contributed by atoms with van der Waals surface area (Å²) >= 11 is 6.80. The Labute approximate surface area is 273 Å². The van der Waals surface area contributed by atoms with E-state index in [2.05, 4.69) is 67.8 Å². The van der Waals surface area contributed by atoms with Gasteiger partial charge in [-0.05, 0) is 97.9 Å². The molecule has 8 heteroatoms. The topological polar surface area (TPSA) is 94.8 Å². The van der Waals surface area contributed by atoms with Crippen LogP contribution in [0, 0.1) is 12.3 Å². The maximum absolute atomic E-state index is 11.5. The molecule has 0 spiro atoms. The molecule has 1 aliphatic heterocycles. The highest BCUT2D eigenvalue weighted by molar-refractivity contribution is 6.32. The van der Waals surface area contributed by atoms with E-state index in [1.165, 1.54) is 22.3 Å². The summed E-state index contributed by atoms with van der Waals surface area (Å²) in [6, 6.07) is 16.8. The Morgan fingerprint density at radius 2 is 1.80 bits per heavy atom. The second-order valence-electron chi connectivity index (χ2n) is 13.0. The minimum absolute atomic E-state index is 0.105. The quantitative estimate of drug-likeness (QED) is 0.163. The zero-order chi connectivity index (χ0) is 32.0. The number of rotatable bonds is 15. The highest BCUT2D eigenvalue weighted by Gasteiger charge is 2.28. The third kappa shape index (κ3) is 8.13. The first-order valence-corrected chi connectivity index (χ1v) is 16.7. The van der Waals surface area contributed by atoms with E-state index in [1.807, 2.05) is 19.1 Å². The number of fused-ring (bicyclic) bond motifs is 1. The van der Waals surface area contributed by atoms with E-state index in [0.29, 0.717) is 50.0 Å². The SMILES string of the molecule is CCOc1cc(O[C@H]2CCc3c(-c4cccc(OCCC(C)(C)CCN)c4C)cccc32)c(Cl)cc1CNC[C@@H]1CCC(=O)N1. The first-order chi connectivity index (χ1) is 21.7. The van der Waals surface area contributed by atoms with Crippen molar-refractivity contribution in [1.29, 1.82) is 0 Å². The smallest absolute Gasteiger partial charge is 0.220 e. The first kappa shape index (κ1) is 33.1. The Morgan fingerprint density at radius 3 is 2.56 bits per heavy atom. The number of carbonyl (C=O) groups excluding carboxylic acids is 1. The number of hydrogen-bond acceptors (Lipinski definition) is 6. The average molecular weight is 634 g/mol. The van der Waals surface area contributed by atoms with Gasteiger partial charge in [-0.1, -0.05) is 55.8 Å². The van der Waals surface area contributed by atoms with Gasteiger partial charge in [0.2, 0.25) is 5.91 Å². The molecular formula is C37H48ClN3O4. The summed E-state index contributed by atoms with van der Waals surface area (Å²) in [5.74, 6) is 2.43. The van der Waals surface area contributed by atoms with Crippen molar-refractivity contribution >= 4 is 17.5 Å². The van der Waals surface area contributed by atoms with Crippen molar-refractivity contribution in [3.8, 4) is 28.4 Å². The average Bonchev–Trinajstić information content (AvgIpc) is 3.61. The molecule has 45 heavy (non-hydrogen) atoms. The van der Waals surface area contributed by atoms with Gasteiger partial charge in [0.1, 0.15) is 23.4 Å². The molecule has 3 aromatic carbocycles. The number of nitrogens with one attached hydrogen (secondary N) is 2. The van der Waals surface area contributed by atoms with Gasteiger partial charge >= 0.3 is 0 Å². The van der Waals surface area contributed by atoms with Gasteiger partial charge in [0.25, 0.3) is 0 Å². The van der Waals surface area contributed by atoms with Gasteiger partial charge in [0.15, 0.2) is 0 Å². The van der Waals surface area contributed by atoms with Crippen LogP contribution in [-0.2, 0) is 17.8 Å². The predicted octanol–water partition coefficient (Wildman–Crippen LogP) is 7.29. The van der Waals surface area contributed by atoms with Crippen molar-refractivity contribution in [1.82, 2.24) is 10.6 Å². The highest BCUT2D eigenvalue weighted by atomic mass is 35.5. The molecule has 2 aliphatic rings. The Kier molecular flexibility index (Phi) is 11.0. The Balaban J connectivity index is 1.30. The standard InChI is InChI=1S/C37H48ClN3O4/c1-5-43-34-21-35(31(38)20-25(34)22-40-23-26-12-15-36(42)41-26)45-33-14-13-29-28(9-6-10-30(29)33)27-8-7-11-32(24(27)2)44-19-17-37(3,4)16-18-39/h6-11,20-21,26,33,40H,5,12-19,22-23,39H2,1-4H3,(H,41,42)/t26-,33-/m0/s1. The van der Waals surface area contributed by atoms with Gasteiger partial charge in [0.05, 0.1) is 18.2 Å². The van der Waals surface area contributed by atoms with E-state index in [1.54, 1.807) is 0 Å². The van der Waals surface area contributed by atoms with Crippen LogP contribution in [0.5, 0.6) is 17.2 Å². The molecule has 7 nitrogen and oxygen atoms in total. The molecule has 3 aromatic rings. The number of carbonyl (C=O) groups is 1. The van der Waals surface area contributed by atoms with Crippen molar-refractivity contribution in [3.63, 3.8) is 0 Å². The molecule has 1 fully saturated rings. The molecule has 1 heterocycles. The third-order valence-electron chi connectivity index (χ3n) is 9.12. The Hall–Kier alpha value is -3.26. The summed E-state index contributed by atoms with van der Waals surface area (Å²) in [7, 11) is 0. The van der Waals surface area contributed by atoms with E-state index in [-0.39, 0.29) is 23.5 Å². The van der Waals surface area contributed by atoms with Gasteiger partial charge in [-0.15, -0.1) is 0 Å². The predicted molar refractivity (Wildman–Crippen MR) is 181 cm³/mol. The minimum Gasteiger partial charge on any atom is -0.493 e. The number of ether oxygens (including phenoxy) is 3. The summed E-state index contributed by atoms with van der Waals surface area (Å²) in [5, 5.41) is 7.00. The van der Waals surface area contributed by atoms with Crippen molar-refractivity contribution < 1.29 is 19.0 Å². The molecule has 0 saturated carbocycles. The summed E-state index contributed by atoms with van der Waals surface area (Å²) in [6.45, 7) is 11.8. The fourth-order valence-corrected chi connectivity index (χ4v) is 6.70.